The molecule has 0 atom stereocenters. The standard InChI is InChI=1S/C20H21N7OS/c1-29-20-24-17(26-9-2-3-10-26)16-13-23-27(18(16)25-20)11-8-22-19(28)15-6-4-14(12-21)5-7-15/h4-7,13H,2-3,8-11H2,1H3,(H,22,28). The molecule has 8 nitrogen and oxygen atoms in total. The molecule has 2 aromatic heterocycles. The van der Waals surface area contributed by atoms with E-state index in [4.69, 9.17) is 10.2 Å². The van der Waals surface area contributed by atoms with Gasteiger partial charge in [-0.2, -0.15) is 10.4 Å². The minimum atomic E-state index is -0.178. The maximum absolute atomic E-state index is 12.3. The lowest BCUT2D eigenvalue weighted by atomic mass is 10.1. The first kappa shape index (κ1) is 19.2. The summed E-state index contributed by atoms with van der Waals surface area (Å²) in [6.07, 6.45) is 6.13. The van der Waals surface area contributed by atoms with E-state index in [-0.39, 0.29) is 5.91 Å². The predicted molar refractivity (Wildman–Crippen MR) is 112 cm³/mol. The first-order valence-electron chi connectivity index (χ1n) is 9.50. The number of carbonyl (C=O) groups excluding carboxylic acids is 1. The zero-order chi connectivity index (χ0) is 20.2. The van der Waals surface area contributed by atoms with Crippen molar-refractivity contribution in [2.75, 3.05) is 30.8 Å². The van der Waals surface area contributed by atoms with Crippen molar-refractivity contribution < 1.29 is 4.79 Å². The van der Waals surface area contributed by atoms with Crippen LogP contribution in [0.4, 0.5) is 5.82 Å². The van der Waals surface area contributed by atoms with Crippen LogP contribution < -0.4 is 10.2 Å². The van der Waals surface area contributed by atoms with Crippen molar-refractivity contribution in [2.24, 2.45) is 0 Å². The Morgan fingerprint density at radius 2 is 2.00 bits per heavy atom. The molecular formula is C20H21N7OS. The Balaban J connectivity index is 1.48. The number of carbonyl (C=O) groups is 1. The molecule has 3 aromatic rings. The molecule has 9 heteroatoms. The number of nitriles is 1. The molecule has 1 N–H and O–H groups in total. The van der Waals surface area contributed by atoms with Crippen molar-refractivity contribution >= 4 is 34.5 Å². The number of thioether (sulfide) groups is 1. The number of rotatable bonds is 6. The van der Waals surface area contributed by atoms with Crippen LogP contribution in [0.15, 0.2) is 35.6 Å². The number of nitrogens with one attached hydrogen (secondary N) is 1. The number of benzene rings is 1. The number of fused-ring (bicyclic) bond motifs is 1. The fourth-order valence-corrected chi connectivity index (χ4v) is 3.77. The summed E-state index contributed by atoms with van der Waals surface area (Å²) in [5.74, 6) is 0.771. The molecule has 1 aromatic carbocycles. The van der Waals surface area contributed by atoms with Gasteiger partial charge in [0.2, 0.25) is 0 Å². The molecule has 0 radical (unpaired) electrons. The Morgan fingerprint density at radius 1 is 1.24 bits per heavy atom. The fourth-order valence-electron chi connectivity index (χ4n) is 3.42. The normalized spacial score (nSPS) is 13.6. The summed E-state index contributed by atoms with van der Waals surface area (Å²) in [5, 5.41) is 17.9. The zero-order valence-corrected chi connectivity index (χ0v) is 16.9. The van der Waals surface area contributed by atoms with E-state index in [2.05, 4.69) is 20.3 Å². The Morgan fingerprint density at radius 3 is 2.69 bits per heavy atom. The van der Waals surface area contributed by atoms with Gasteiger partial charge in [0.15, 0.2) is 10.8 Å². The van der Waals surface area contributed by atoms with E-state index in [9.17, 15) is 4.79 Å². The van der Waals surface area contributed by atoms with Crippen LogP contribution >= 0.6 is 11.8 Å². The number of amides is 1. The van der Waals surface area contributed by atoms with Crippen molar-refractivity contribution in [2.45, 2.75) is 24.5 Å². The largest absolute Gasteiger partial charge is 0.356 e. The van der Waals surface area contributed by atoms with Gasteiger partial charge in [0, 0.05) is 25.2 Å². The summed E-state index contributed by atoms with van der Waals surface area (Å²) < 4.78 is 1.81. The van der Waals surface area contributed by atoms with E-state index < -0.39 is 0 Å². The maximum Gasteiger partial charge on any atom is 0.251 e. The highest BCUT2D eigenvalue weighted by molar-refractivity contribution is 7.98. The molecule has 0 bridgehead atoms. The van der Waals surface area contributed by atoms with Gasteiger partial charge in [-0.15, -0.1) is 0 Å². The number of nitrogens with zero attached hydrogens (tertiary/aromatic N) is 6. The van der Waals surface area contributed by atoms with Crippen LogP contribution in [-0.4, -0.2) is 51.5 Å². The number of hydrogen-bond acceptors (Lipinski definition) is 7. The summed E-state index contributed by atoms with van der Waals surface area (Å²) in [6, 6.07) is 8.62. The molecule has 0 saturated carbocycles. The molecule has 0 spiro atoms. The highest BCUT2D eigenvalue weighted by atomic mass is 32.2. The summed E-state index contributed by atoms with van der Waals surface area (Å²) in [4.78, 5) is 24.0. The van der Waals surface area contributed by atoms with E-state index in [1.54, 1.807) is 24.3 Å². The maximum atomic E-state index is 12.3. The van der Waals surface area contributed by atoms with Crippen molar-refractivity contribution in [3.05, 3.63) is 41.6 Å². The van der Waals surface area contributed by atoms with Crippen molar-refractivity contribution in [1.29, 1.82) is 5.26 Å². The van der Waals surface area contributed by atoms with Gasteiger partial charge in [-0.25, -0.2) is 14.6 Å². The topological polar surface area (TPSA) is 99.7 Å². The summed E-state index contributed by atoms with van der Waals surface area (Å²) in [5.41, 5.74) is 1.85. The second-order valence-electron chi connectivity index (χ2n) is 6.78. The lowest BCUT2D eigenvalue weighted by Crippen LogP contribution is -2.27. The third kappa shape index (κ3) is 4.03. The lowest BCUT2D eigenvalue weighted by molar-refractivity contribution is 0.0952. The molecule has 1 aliphatic heterocycles. The van der Waals surface area contributed by atoms with Crippen LogP contribution in [0.2, 0.25) is 0 Å². The Labute approximate surface area is 172 Å². The summed E-state index contributed by atoms with van der Waals surface area (Å²) in [6.45, 7) is 2.95. The monoisotopic (exact) mass is 407 g/mol. The van der Waals surface area contributed by atoms with Crippen LogP contribution in [0.3, 0.4) is 0 Å². The van der Waals surface area contributed by atoms with Gasteiger partial charge in [0.1, 0.15) is 5.82 Å². The molecular weight excluding hydrogens is 386 g/mol. The molecule has 1 saturated heterocycles. The van der Waals surface area contributed by atoms with E-state index in [0.29, 0.717) is 24.2 Å². The average molecular weight is 408 g/mol. The van der Waals surface area contributed by atoms with Crippen LogP contribution in [0.5, 0.6) is 0 Å². The average Bonchev–Trinajstić information content (AvgIpc) is 3.43. The zero-order valence-electron chi connectivity index (χ0n) is 16.1. The van der Waals surface area contributed by atoms with Gasteiger partial charge >= 0.3 is 0 Å². The highest BCUT2D eigenvalue weighted by Crippen LogP contribution is 2.28. The number of anilines is 1. The molecule has 0 unspecified atom stereocenters. The van der Waals surface area contributed by atoms with Crippen molar-refractivity contribution in [1.82, 2.24) is 25.1 Å². The number of aromatic nitrogens is 4. The summed E-state index contributed by atoms with van der Waals surface area (Å²) in [7, 11) is 0. The van der Waals surface area contributed by atoms with Crippen LogP contribution in [0.1, 0.15) is 28.8 Å². The molecule has 1 amide bonds. The Kier molecular flexibility index (Phi) is 5.62. The van der Waals surface area contributed by atoms with Gasteiger partial charge in [-0.1, -0.05) is 11.8 Å². The molecule has 29 heavy (non-hydrogen) atoms. The van der Waals surface area contributed by atoms with Crippen molar-refractivity contribution in [3.8, 4) is 6.07 Å². The second-order valence-corrected chi connectivity index (χ2v) is 7.55. The molecule has 0 aliphatic carbocycles. The van der Waals surface area contributed by atoms with Gasteiger partial charge in [0.05, 0.1) is 29.8 Å². The third-order valence-electron chi connectivity index (χ3n) is 4.93. The lowest BCUT2D eigenvalue weighted by Gasteiger charge is -2.17. The predicted octanol–water partition coefficient (Wildman–Crippen LogP) is 2.45. The van der Waals surface area contributed by atoms with Crippen LogP contribution in [0, 0.1) is 11.3 Å². The highest BCUT2D eigenvalue weighted by Gasteiger charge is 2.20. The molecule has 3 heterocycles. The SMILES string of the molecule is CSc1nc(N2CCCC2)c2cnn(CCNC(=O)c3ccc(C#N)cc3)c2n1. The Bertz CT molecular complexity index is 1060. The second kappa shape index (κ2) is 8.49. The van der Waals surface area contributed by atoms with Gasteiger partial charge < -0.3 is 10.2 Å². The minimum absolute atomic E-state index is 0.178. The van der Waals surface area contributed by atoms with Gasteiger partial charge in [-0.3, -0.25) is 4.79 Å². The van der Waals surface area contributed by atoms with Gasteiger partial charge in [0.25, 0.3) is 5.91 Å². The third-order valence-corrected chi connectivity index (χ3v) is 5.48. The van der Waals surface area contributed by atoms with E-state index in [1.807, 2.05) is 23.2 Å². The van der Waals surface area contributed by atoms with E-state index in [1.165, 1.54) is 24.6 Å². The molecule has 1 fully saturated rings. The van der Waals surface area contributed by atoms with Crippen LogP contribution in [-0.2, 0) is 6.54 Å². The quantitative estimate of drug-likeness (QED) is 0.495. The first-order valence-corrected chi connectivity index (χ1v) is 10.7. The van der Waals surface area contributed by atoms with Crippen LogP contribution in [0.25, 0.3) is 11.0 Å². The molecule has 1 aliphatic rings. The molecule has 148 valence electrons. The van der Waals surface area contributed by atoms with E-state index >= 15 is 0 Å². The first-order chi connectivity index (χ1) is 14.2. The summed E-state index contributed by atoms with van der Waals surface area (Å²) >= 11 is 1.52. The minimum Gasteiger partial charge on any atom is -0.356 e. The number of hydrogen-bond donors (Lipinski definition) is 1. The Hall–Kier alpha value is -3.12. The van der Waals surface area contributed by atoms with Gasteiger partial charge in [-0.05, 0) is 43.4 Å². The fraction of sp³-hybridized carbons (Fsp3) is 0.350. The molecule has 4 rings (SSSR count). The van der Waals surface area contributed by atoms with E-state index in [0.717, 1.165) is 35.1 Å². The smallest absolute Gasteiger partial charge is 0.251 e. The van der Waals surface area contributed by atoms with Crippen molar-refractivity contribution in [3.63, 3.8) is 0 Å².